The first-order valence-electron chi connectivity index (χ1n) is 11.4. The maximum absolute atomic E-state index is 8.58. The molecule has 9 heteroatoms. The van der Waals surface area contributed by atoms with E-state index >= 15 is 0 Å². The van der Waals surface area contributed by atoms with Crippen LogP contribution in [0.15, 0.2) is 36.4 Å². The van der Waals surface area contributed by atoms with Gasteiger partial charge >= 0.3 is 0 Å². The summed E-state index contributed by atoms with van der Waals surface area (Å²) in [7, 11) is 2.13. The zero-order chi connectivity index (χ0) is 24.8. The van der Waals surface area contributed by atoms with Crippen molar-refractivity contribution in [2.24, 2.45) is 11.5 Å². The fourth-order valence-corrected chi connectivity index (χ4v) is 4.22. The highest BCUT2D eigenvalue weighted by Gasteiger charge is 2.26. The van der Waals surface area contributed by atoms with Crippen molar-refractivity contribution >= 4 is 23.7 Å². The highest BCUT2D eigenvalue weighted by Crippen LogP contribution is 2.37. The number of likely N-dealkylation sites (N-methyl/N-ethyl adjacent to an activating group) is 1. The fourth-order valence-electron chi connectivity index (χ4n) is 3.98. The molecule has 1 heterocycles. The van der Waals surface area contributed by atoms with Crippen LogP contribution in [-0.4, -0.2) is 71.1 Å². The standard InChI is InChI=1S/C24H34ClN3O3.CH3NO/c1-28-16-22(21-14-20(25)15-24(27)23(21)17-28)19-4-2-3-18(13-19)5-7-29-9-11-31-12-10-30-8-6-26;2-1-3/h2-4,13-15,22H,5-12,16-17,26-27H2,1H3;1H,(H2,2,3). The molecule has 0 aliphatic carbocycles. The quantitative estimate of drug-likeness (QED) is 0.235. The van der Waals surface area contributed by atoms with Crippen molar-refractivity contribution in [2.75, 3.05) is 65.5 Å². The Hall–Kier alpha value is -2.20. The van der Waals surface area contributed by atoms with Crippen LogP contribution in [-0.2, 0) is 32.0 Å². The van der Waals surface area contributed by atoms with Crippen LogP contribution in [0.3, 0.4) is 0 Å². The van der Waals surface area contributed by atoms with Crippen molar-refractivity contribution in [3.8, 4) is 0 Å². The Morgan fingerprint density at radius 1 is 1.06 bits per heavy atom. The van der Waals surface area contributed by atoms with Gasteiger partial charge in [0, 0.05) is 36.3 Å². The third-order valence-electron chi connectivity index (χ3n) is 5.48. The smallest absolute Gasteiger partial charge is 0.204 e. The molecule has 0 spiro atoms. The number of halogens is 1. The topological polar surface area (TPSA) is 126 Å². The number of anilines is 1. The minimum absolute atomic E-state index is 0.250. The number of nitrogens with two attached hydrogens (primary N) is 3. The zero-order valence-corrected chi connectivity index (χ0v) is 20.6. The molecule has 6 N–H and O–H groups in total. The normalized spacial score (nSPS) is 15.3. The molecule has 0 saturated carbocycles. The molecule has 0 bridgehead atoms. The average molecular weight is 493 g/mol. The van der Waals surface area contributed by atoms with Gasteiger partial charge < -0.3 is 36.3 Å². The Morgan fingerprint density at radius 2 is 1.71 bits per heavy atom. The molecule has 0 aromatic heterocycles. The third kappa shape index (κ3) is 9.21. The number of nitrogens with zero attached hydrogens (tertiary/aromatic N) is 1. The van der Waals surface area contributed by atoms with Crippen LogP contribution in [0.4, 0.5) is 5.69 Å². The van der Waals surface area contributed by atoms with Crippen molar-refractivity contribution in [3.05, 3.63) is 63.7 Å². The number of primary amides is 1. The lowest BCUT2D eigenvalue weighted by molar-refractivity contribution is -0.106. The summed E-state index contributed by atoms with van der Waals surface area (Å²) in [5.41, 5.74) is 21.5. The molecule has 1 amide bonds. The van der Waals surface area contributed by atoms with Gasteiger partial charge in [-0.2, -0.15) is 0 Å². The molecule has 1 aliphatic rings. The Balaban J connectivity index is 0.00000129. The third-order valence-corrected chi connectivity index (χ3v) is 5.69. The van der Waals surface area contributed by atoms with Gasteiger partial charge in [-0.15, -0.1) is 0 Å². The molecule has 188 valence electrons. The van der Waals surface area contributed by atoms with E-state index < -0.39 is 0 Å². The van der Waals surface area contributed by atoms with Crippen molar-refractivity contribution in [3.63, 3.8) is 0 Å². The number of benzene rings is 2. The summed E-state index contributed by atoms with van der Waals surface area (Å²) >= 11 is 6.32. The number of amides is 1. The summed E-state index contributed by atoms with van der Waals surface area (Å²) < 4.78 is 16.5. The lowest BCUT2D eigenvalue weighted by Gasteiger charge is -2.33. The first-order chi connectivity index (χ1) is 16.5. The number of ether oxygens (including phenoxy) is 3. The number of fused-ring (bicyclic) bond motifs is 1. The van der Waals surface area contributed by atoms with Crippen molar-refractivity contribution in [1.82, 2.24) is 4.90 Å². The van der Waals surface area contributed by atoms with Crippen LogP contribution in [0.1, 0.15) is 28.2 Å². The first-order valence-corrected chi connectivity index (χ1v) is 11.8. The lowest BCUT2D eigenvalue weighted by atomic mass is 9.83. The van der Waals surface area contributed by atoms with Crippen LogP contribution < -0.4 is 17.2 Å². The van der Waals surface area contributed by atoms with Gasteiger partial charge in [-0.25, -0.2) is 0 Å². The van der Waals surface area contributed by atoms with Crippen LogP contribution in [0.25, 0.3) is 0 Å². The predicted molar refractivity (Wildman–Crippen MR) is 136 cm³/mol. The van der Waals surface area contributed by atoms with Crippen LogP contribution in [0.2, 0.25) is 5.02 Å². The van der Waals surface area contributed by atoms with E-state index in [1.807, 2.05) is 6.07 Å². The van der Waals surface area contributed by atoms with Crippen molar-refractivity contribution < 1.29 is 19.0 Å². The molecule has 1 aliphatic heterocycles. The van der Waals surface area contributed by atoms with Gasteiger partial charge in [0.05, 0.1) is 39.6 Å². The van der Waals surface area contributed by atoms with E-state index in [9.17, 15) is 0 Å². The molecule has 0 radical (unpaired) electrons. The Labute approximate surface area is 207 Å². The van der Waals surface area contributed by atoms with Gasteiger partial charge in [0.2, 0.25) is 6.41 Å². The summed E-state index contributed by atoms with van der Waals surface area (Å²) in [6, 6.07) is 12.7. The largest absolute Gasteiger partial charge is 0.398 e. The minimum Gasteiger partial charge on any atom is -0.398 e. The fraction of sp³-hybridized carbons (Fsp3) is 0.480. The summed E-state index contributed by atoms with van der Waals surface area (Å²) in [6.45, 7) is 5.85. The number of carbonyl (C=O) groups excluding carboxylic acids is 1. The summed E-state index contributed by atoms with van der Waals surface area (Å²) in [5.74, 6) is 0.255. The Kier molecular flexibility index (Phi) is 12.9. The van der Waals surface area contributed by atoms with E-state index in [0.717, 1.165) is 25.2 Å². The van der Waals surface area contributed by atoms with Gasteiger partial charge in [-0.3, -0.25) is 4.79 Å². The van der Waals surface area contributed by atoms with Gasteiger partial charge in [0.1, 0.15) is 0 Å². The first kappa shape index (κ1) is 28.0. The Morgan fingerprint density at radius 3 is 2.38 bits per heavy atom. The number of hydrogen-bond acceptors (Lipinski definition) is 7. The highest BCUT2D eigenvalue weighted by atomic mass is 35.5. The minimum atomic E-state index is 0.250. The second-order valence-electron chi connectivity index (χ2n) is 8.07. The molecule has 0 fully saturated rings. The number of rotatable bonds is 12. The van der Waals surface area contributed by atoms with E-state index in [0.29, 0.717) is 51.2 Å². The summed E-state index contributed by atoms with van der Waals surface area (Å²) in [4.78, 5) is 10.9. The van der Waals surface area contributed by atoms with E-state index in [-0.39, 0.29) is 12.3 Å². The zero-order valence-electron chi connectivity index (χ0n) is 19.9. The molecule has 2 aromatic carbocycles. The van der Waals surface area contributed by atoms with Crippen molar-refractivity contribution in [2.45, 2.75) is 18.9 Å². The van der Waals surface area contributed by atoms with E-state index in [1.165, 1.54) is 22.3 Å². The summed E-state index contributed by atoms with van der Waals surface area (Å²) in [6.07, 6.45) is 1.11. The predicted octanol–water partition coefficient (Wildman–Crippen LogP) is 2.15. The monoisotopic (exact) mass is 492 g/mol. The van der Waals surface area contributed by atoms with E-state index in [2.05, 4.69) is 48.0 Å². The second-order valence-corrected chi connectivity index (χ2v) is 8.51. The van der Waals surface area contributed by atoms with E-state index in [4.69, 9.17) is 42.1 Å². The Bertz CT molecular complexity index is 884. The molecule has 1 unspecified atom stereocenters. The SMILES string of the molecule is CN1Cc2c(N)cc(Cl)cc2C(c2cccc(CCOCCOCCOCCN)c2)C1.NC=O. The number of hydrogen-bond donors (Lipinski definition) is 3. The number of nitrogen functional groups attached to an aromatic ring is 1. The molecular weight excluding hydrogens is 456 g/mol. The molecule has 2 aromatic rings. The molecule has 3 rings (SSSR count). The van der Waals surface area contributed by atoms with Crippen LogP contribution in [0.5, 0.6) is 0 Å². The maximum Gasteiger partial charge on any atom is 0.204 e. The summed E-state index contributed by atoms with van der Waals surface area (Å²) in [5, 5.41) is 0.698. The van der Waals surface area contributed by atoms with Crippen molar-refractivity contribution in [1.29, 1.82) is 0 Å². The second kappa shape index (κ2) is 15.7. The van der Waals surface area contributed by atoms with Gasteiger partial charge in [0.25, 0.3) is 0 Å². The average Bonchev–Trinajstić information content (AvgIpc) is 2.81. The lowest BCUT2D eigenvalue weighted by Crippen LogP contribution is -2.31. The maximum atomic E-state index is 8.58. The van der Waals surface area contributed by atoms with Crippen LogP contribution >= 0.6 is 11.6 Å². The van der Waals surface area contributed by atoms with Gasteiger partial charge in [-0.1, -0.05) is 35.9 Å². The van der Waals surface area contributed by atoms with E-state index in [1.54, 1.807) is 0 Å². The molecule has 34 heavy (non-hydrogen) atoms. The molecular formula is C25H37ClN4O4. The molecule has 0 saturated heterocycles. The van der Waals surface area contributed by atoms with Gasteiger partial charge in [0.15, 0.2) is 0 Å². The van der Waals surface area contributed by atoms with Crippen LogP contribution in [0, 0.1) is 0 Å². The molecule has 1 atom stereocenters. The molecule has 8 nitrogen and oxygen atoms in total. The van der Waals surface area contributed by atoms with Gasteiger partial charge in [-0.05, 0) is 47.9 Å². The number of carbonyl (C=O) groups is 1. The highest BCUT2D eigenvalue weighted by molar-refractivity contribution is 6.31.